The number of rotatable bonds is 7. The minimum Gasteiger partial charge on any atom is -0.342 e. The molecule has 0 aromatic carbocycles. The molecular formula is C12H26N2O. The van der Waals surface area contributed by atoms with Crippen LogP contribution in [0.1, 0.15) is 40.5 Å². The minimum absolute atomic E-state index is 0.176. The molecule has 0 heterocycles. The molecule has 0 spiro atoms. The minimum atomic E-state index is 0.176. The largest absolute Gasteiger partial charge is 0.342 e. The molecule has 0 saturated heterocycles. The van der Waals surface area contributed by atoms with Crippen LogP contribution in [0.15, 0.2) is 0 Å². The molecule has 1 amide bonds. The van der Waals surface area contributed by atoms with Gasteiger partial charge in [0, 0.05) is 13.1 Å². The van der Waals surface area contributed by atoms with Gasteiger partial charge in [-0.15, -0.1) is 0 Å². The quantitative estimate of drug-likeness (QED) is 0.656. The summed E-state index contributed by atoms with van der Waals surface area (Å²) in [6.45, 7) is 9.89. The number of hydrogen-bond donors (Lipinski definition) is 1. The normalized spacial score (nSPS) is 11.1. The van der Waals surface area contributed by atoms with Crippen LogP contribution in [0.3, 0.4) is 0 Å². The average Bonchev–Trinajstić information content (AvgIpc) is 2.15. The molecule has 0 bridgehead atoms. The Morgan fingerprint density at radius 2 is 1.87 bits per heavy atom. The fourth-order valence-corrected chi connectivity index (χ4v) is 1.24. The maximum atomic E-state index is 11.5. The molecule has 0 radical (unpaired) electrons. The van der Waals surface area contributed by atoms with Crippen LogP contribution in [0.2, 0.25) is 0 Å². The van der Waals surface area contributed by atoms with Crippen LogP contribution < -0.4 is 5.32 Å². The molecule has 15 heavy (non-hydrogen) atoms. The first kappa shape index (κ1) is 14.4. The summed E-state index contributed by atoms with van der Waals surface area (Å²) in [5.74, 6) is 0.926. The van der Waals surface area contributed by atoms with Crippen LogP contribution in [0, 0.1) is 5.92 Å². The third kappa shape index (κ3) is 7.37. The van der Waals surface area contributed by atoms with Gasteiger partial charge in [0.25, 0.3) is 0 Å². The van der Waals surface area contributed by atoms with Crippen molar-refractivity contribution >= 4 is 5.91 Å². The van der Waals surface area contributed by atoms with Crippen LogP contribution in [0.4, 0.5) is 0 Å². The van der Waals surface area contributed by atoms with Crippen molar-refractivity contribution in [3.63, 3.8) is 0 Å². The molecule has 3 nitrogen and oxygen atoms in total. The molecule has 0 aliphatic heterocycles. The SMILES string of the molecule is CC(C)CCCNCC(=O)N(C)C(C)C. The smallest absolute Gasteiger partial charge is 0.236 e. The van der Waals surface area contributed by atoms with Gasteiger partial charge in [-0.05, 0) is 39.2 Å². The molecule has 0 aromatic heterocycles. The van der Waals surface area contributed by atoms with Gasteiger partial charge < -0.3 is 10.2 Å². The van der Waals surface area contributed by atoms with Crippen molar-refractivity contribution < 1.29 is 4.79 Å². The van der Waals surface area contributed by atoms with Gasteiger partial charge in [-0.3, -0.25) is 4.79 Å². The van der Waals surface area contributed by atoms with Crippen LogP contribution in [-0.4, -0.2) is 37.0 Å². The summed E-state index contributed by atoms with van der Waals surface area (Å²) in [5, 5.41) is 3.19. The van der Waals surface area contributed by atoms with Crippen molar-refractivity contribution in [3.05, 3.63) is 0 Å². The molecular weight excluding hydrogens is 188 g/mol. The van der Waals surface area contributed by atoms with E-state index in [1.807, 2.05) is 20.9 Å². The number of amides is 1. The summed E-state index contributed by atoms with van der Waals surface area (Å²) in [7, 11) is 1.85. The molecule has 90 valence electrons. The molecule has 3 heteroatoms. The number of hydrogen-bond acceptors (Lipinski definition) is 2. The van der Waals surface area contributed by atoms with Crippen molar-refractivity contribution in [2.75, 3.05) is 20.1 Å². The first-order valence-electron chi connectivity index (χ1n) is 5.91. The van der Waals surface area contributed by atoms with Gasteiger partial charge in [-0.25, -0.2) is 0 Å². The van der Waals surface area contributed by atoms with E-state index in [1.165, 1.54) is 6.42 Å². The molecule has 0 atom stereocenters. The highest BCUT2D eigenvalue weighted by Gasteiger charge is 2.10. The lowest BCUT2D eigenvalue weighted by molar-refractivity contribution is -0.130. The zero-order valence-corrected chi connectivity index (χ0v) is 10.8. The first-order chi connectivity index (χ1) is 6.95. The summed E-state index contributed by atoms with van der Waals surface area (Å²) in [6, 6.07) is 0.287. The van der Waals surface area contributed by atoms with E-state index in [-0.39, 0.29) is 11.9 Å². The zero-order chi connectivity index (χ0) is 11.8. The molecule has 0 aromatic rings. The van der Waals surface area contributed by atoms with E-state index in [4.69, 9.17) is 0 Å². The monoisotopic (exact) mass is 214 g/mol. The number of likely N-dealkylation sites (N-methyl/N-ethyl adjacent to an activating group) is 1. The van der Waals surface area contributed by atoms with Gasteiger partial charge in [-0.1, -0.05) is 13.8 Å². The third-order valence-corrected chi connectivity index (χ3v) is 2.58. The number of nitrogens with zero attached hydrogens (tertiary/aromatic N) is 1. The molecule has 0 saturated carbocycles. The summed E-state index contributed by atoms with van der Waals surface area (Å²) in [5.41, 5.74) is 0. The summed E-state index contributed by atoms with van der Waals surface area (Å²) in [4.78, 5) is 13.3. The Bertz CT molecular complexity index is 178. The second-order valence-electron chi connectivity index (χ2n) is 4.81. The zero-order valence-electron chi connectivity index (χ0n) is 10.8. The van der Waals surface area contributed by atoms with Crippen LogP contribution in [0.5, 0.6) is 0 Å². The molecule has 0 rings (SSSR count). The van der Waals surface area contributed by atoms with E-state index in [2.05, 4.69) is 19.2 Å². The highest BCUT2D eigenvalue weighted by atomic mass is 16.2. The van der Waals surface area contributed by atoms with E-state index in [9.17, 15) is 4.79 Å². The molecule has 1 N–H and O–H groups in total. The standard InChI is InChI=1S/C12H26N2O/c1-10(2)7-6-8-13-9-12(15)14(5)11(3)4/h10-11,13H,6-9H2,1-5H3. The fraction of sp³-hybridized carbons (Fsp3) is 0.917. The van der Waals surface area contributed by atoms with Gasteiger partial charge in [-0.2, -0.15) is 0 Å². The predicted octanol–water partition coefficient (Wildman–Crippen LogP) is 1.88. The Morgan fingerprint density at radius 3 is 2.33 bits per heavy atom. The van der Waals surface area contributed by atoms with E-state index in [0.29, 0.717) is 6.54 Å². The van der Waals surface area contributed by atoms with Crippen molar-refractivity contribution in [3.8, 4) is 0 Å². The topological polar surface area (TPSA) is 32.3 Å². The Hall–Kier alpha value is -0.570. The molecule has 0 unspecified atom stereocenters. The van der Waals surface area contributed by atoms with Crippen molar-refractivity contribution in [2.24, 2.45) is 5.92 Å². The maximum Gasteiger partial charge on any atom is 0.236 e. The number of nitrogens with one attached hydrogen (secondary N) is 1. The lowest BCUT2D eigenvalue weighted by atomic mass is 10.1. The van der Waals surface area contributed by atoms with Crippen molar-refractivity contribution in [1.29, 1.82) is 0 Å². The first-order valence-corrected chi connectivity index (χ1v) is 5.91. The number of carbonyl (C=O) groups is 1. The van der Waals surface area contributed by atoms with Crippen LogP contribution in [0.25, 0.3) is 0 Å². The highest BCUT2D eigenvalue weighted by Crippen LogP contribution is 2.01. The number of carbonyl (C=O) groups excluding carboxylic acids is 1. The summed E-state index contributed by atoms with van der Waals surface area (Å²) < 4.78 is 0. The lowest BCUT2D eigenvalue weighted by Gasteiger charge is -2.21. The van der Waals surface area contributed by atoms with Gasteiger partial charge >= 0.3 is 0 Å². The lowest BCUT2D eigenvalue weighted by Crippen LogP contribution is -2.39. The van der Waals surface area contributed by atoms with Crippen molar-refractivity contribution in [2.45, 2.75) is 46.6 Å². The van der Waals surface area contributed by atoms with E-state index >= 15 is 0 Å². The maximum absolute atomic E-state index is 11.5. The Morgan fingerprint density at radius 1 is 1.27 bits per heavy atom. The Balaban J connectivity index is 3.47. The molecule has 0 aliphatic rings. The summed E-state index contributed by atoms with van der Waals surface area (Å²) in [6.07, 6.45) is 2.37. The second-order valence-corrected chi connectivity index (χ2v) is 4.81. The van der Waals surface area contributed by atoms with Gasteiger partial charge in [0.05, 0.1) is 6.54 Å². The predicted molar refractivity (Wildman–Crippen MR) is 64.8 cm³/mol. The Kier molecular flexibility index (Phi) is 7.39. The van der Waals surface area contributed by atoms with Gasteiger partial charge in [0.15, 0.2) is 0 Å². The van der Waals surface area contributed by atoms with Gasteiger partial charge in [0.1, 0.15) is 0 Å². The second kappa shape index (κ2) is 7.69. The molecule has 0 fully saturated rings. The van der Waals surface area contributed by atoms with E-state index in [1.54, 1.807) is 4.90 Å². The average molecular weight is 214 g/mol. The van der Waals surface area contributed by atoms with Crippen LogP contribution in [-0.2, 0) is 4.79 Å². The van der Waals surface area contributed by atoms with E-state index < -0.39 is 0 Å². The fourth-order valence-electron chi connectivity index (χ4n) is 1.24. The Labute approximate surface area is 94.2 Å². The third-order valence-electron chi connectivity index (χ3n) is 2.58. The summed E-state index contributed by atoms with van der Waals surface area (Å²) >= 11 is 0. The van der Waals surface area contributed by atoms with Gasteiger partial charge in [0.2, 0.25) is 5.91 Å². The van der Waals surface area contributed by atoms with Crippen molar-refractivity contribution in [1.82, 2.24) is 10.2 Å². The van der Waals surface area contributed by atoms with E-state index in [0.717, 1.165) is 18.9 Å². The molecule has 0 aliphatic carbocycles. The van der Waals surface area contributed by atoms with Crippen LogP contribution >= 0.6 is 0 Å². The highest BCUT2D eigenvalue weighted by molar-refractivity contribution is 5.78.